The van der Waals surface area contributed by atoms with Gasteiger partial charge in [-0.3, -0.25) is 14.3 Å². The highest BCUT2D eigenvalue weighted by atomic mass is 16.5. The minimum absolute atomic E-state index is 0.0182. The Morgan fingerprint density at radius 3 is 2.35 bits per heavy atom. The molecule has 3 atom stereocenters. The molecule has 49 heavy (non-hydrogen) atoms. The Hall–Kier alpha value is -4.06. The molecule has 1 N–H and O–H groups in total. The Morgan fingerprint density at radius 1 is 1.00 bits per heavy atom. The Bertz CT molecular complexity index is 1560. The number of carbonyl (C=O) groups is 2. The smallest absolute Gasteiger partial charge is 0.243 e. The zero-order chi connectivity index (χ0) is 34.7. The number of likely N-dealkylation sites (tertiary alicyclic amines) is 2. The van der Waals surface area contributed by atoms with Gasteiger partial charge in [0.1, 0.15) is 12.0 Å². The molecule has 6 rings (SSSR count). The molecule has 1 aromatic carbocycles. The van der Waals surface area contributed by atoms with Crippen LogP contribution in [0, 0.1) is 23.7 Å². The molecule has 12 nitrogen and oxygen atoms in total. The first-order chi connectivity index (χ1) is 23.6. The number of amides is 2. The van der Waals surface area contributed by atoms with Gasteiger partial charge < -0.3 is 24.5 Å². The maximum absolute atomic E-state index is 14.1. The fourth-order valence-corrected chi connectivity index (χ4v) is 7.99. The fourth-order valence-electron chi connectivity index (χ4n) is 7.99. The van der Waals surface area contributed by atoms with Crippen LogP contribution in [0.4, 0.5) is 5.82 Å². The van der Waals surface area contributed by atoms with E-state index in [9.17, 15) is 14.5 Å². The van der Waals surface area contributed by atoms with E-state index < -0.39 is 12.0 Å². The van der Waals surface area contributed by atoms with E-state index in [1.54, 1.807) is 4.90 Å². The predicted octanol–water partition coefficient (Wildman–Crippen LogP) is 5.44. The molecule has 0 saturated carbocycles. The molecule has 2 aromatic heterocycles. The fraction of sp³-hybridized carbons (Fsp3) is 0.622. The quantitative estimate of drug-likeness (QED) is 0.267. The molecule has 3 fully saturated rings. The minimum Gasteiger partial charge on any atom is -0.358 e. The van der Waals surface area contributed by atoms with Crippen molar-refractivity contribution in [3.05, 3.63) is 58.3 Å². The van der Waals surface area contributed by atoms with Crippen molar-refractivity contribution in [2.75, 3.05) is 44.2 Å². The van der Waals surface area contributed by atoms with Gasteiger partial charge in [0.15, 0.2) is 11.6 Å². The number of rotatable bonds is 11. The topological polar surface area (TPSA) is 129 Å². The molecule has 3 aromatic rings. The number of nitrogens with zero attached hydrogens (tertiary/aromatic N) is 7. The summed E-state index contributed by atoms with van der Waals surface area (Å²) in [4.78, 5) is 45.1. The van der Waals surface area contributed by atoms with Crippen molar-refractivity contribution in [3.8, 4) is 11.3 Å². The number of benzene rings is 1. The van der Waals surface area contributed by atoms with Crippen LogP contribution in [-0.2, 0) is 16.6 Å². The second-order valence-electron chi connectivity index (χ2n) is 14.7. The first kappa shape index (κ1) is 34.8. The molecule has 0 radical (unpaired) electrons. The van der Waals surface area contributed by atoms with Crippen molar-refractivity contribution < 1.29 is 14.1 Å². The lowest BCUT2D eigenvalue weighted by Gasteiger charge is -2.36. The van der Waals surface area contributed by atoms with Crippen LogP contribution in [0.25, 0.3) is 11.3 Å². The molecule has 264 valence electrons. The van der Waals surface area contributed by atoms with Gasteiger partial charge in [-0.2, -0.15) is 10.0 Å². The van der Waals surface area contributed by atoms with Gasteiger partial charge in [-0.15, -0.1) is 0 Å². The van der Waals surface area contributed by atoms with E-state index in [0.717, 1.165) is 93.0 Å². The number of nitrogens with one attached hydrogen (secondary N) is 1. The van der Waals surface area contributed by atoms with Crippen LogP contribution in [-0.4, -0.2) is 87.9 Å². The second kappa shape index (κ2) is 15.2. The summed E-state index contributed by atoms with van der Waals surface area (Å²) < 4.78 is 7.74. The third kappa shape index (κ3) is 7.74. The molecule has 0 spiro atoms. The van der Waals surface area contributed by atoms with Crippen LogP contribution in [0.5, 0.6) is 0 Å². The van der Waals surface area contributed by atoms with Crippen LogP contribution >= 0.6 is 0 Å². The van der Waals surface area contributed by atoms with Gasteiger partial charge in [0.25, 0.3) is 0 Å². The molecular weight excluding hydrogens is 620 g/mol. The zero-order valence-corrected chi connectivity index (χ0v) is 29.7. The van der Waals surface area contributed by atoms with E-state index in [4.69, 9.17) is 4.52 Å². The van der Waals surface area contributed by atoms with Crippen molar-refractivity contribution >= 4 is 17.6 Å². The summed E-state index contributed by atoms with van der Waals surface area (Å²) in [5, 5.41) is 15.2. The number of aromatic nitrogens is 3. The number of piperidine rings is 2. The van der Waals surface area contributed by atoms with Crippen molar-refractivity contribution in [2.45, 2.75) is 90.3 Å². The van der Waals surface area contributed by atoms with Crippen LogP contribution in [0.15, 0.2) is 46.2 Å². The summed E-state index contributed by atoms with van der Waals surface area (Å²) in [7, 11) is 1.94. The van der Waals surface area contributed by atoms with E-state index in [0.29, 0.717) is 24.6 Å². The van der Waals surface area contributed by atoms with Crippen molar-refractivity contribution in [2.24, 2.45) is 24.1 Å². The van der Waals surface area contributed by atoms with Gasteiger partial charge >= 0.3 is 0 Å². The molecule has 3 saturated heterocycles. The Balaban J connectivity index is 1.04. The monoisotopic (exact) mass is 672 g/mol. The highest BCUT2D eigenvalue weighted by Crippen LogP contribution is 2.34. The molecular formula is C37H52N8O4. The summed E-state index contributed by atoms with van der Waals surface area (Å²) >= 11 is 0. The Labute approximate surface area is 289 Å². The summed E-state index contributed by atoms with van der Waals surface area (Å²) in [6.45, 7) is 13.4. The highest BCUT2D eigenvalue weighted by molar-refractivity contribution is 5.91. The average Bonchev–Trinajstić information content (AvgIpc) is 3.86. The number of carbonyl (C=O) groups excluding carboxylic acids is 2. The second-order valence-corrected chi connectivity index (χ2v) is 14.7. The standard InChI is InChI=1S/C37H52N8O4/c1-24(2)34(32-21-33(41-49-32)44-19-12-27(13-20-44)23-43-17-14-30(40-48)15-18-43)37(47)45-16-6-7-31(45)36(46)39-26(4)28-8-10-29(11-9-28)35-25(3)22-38-42(35)5/h8-11,21-22,24,26-27,30-31,34H,6-7,12-20,23H2,1-5H3,(H,39,46)/t26?,31-,34?/m0/s1. The van der Waals surface area contributed by atoms with Crippen LogP contribution in [0.3, 0.4) is 0 Å². The number of anilines is 1. The third-order valence-electron chi connectivity index (χ3n) is 10.9. The van der Waals surface area contributed by atoms with Crippen molar-refractivity contribution in [1.82, 2.24) is 30.1 Å². The van der Waals surface area contributed by atoms with E-state index in [1.165, 1.54) is 0 Å². The average molecular weight is 673 g/mol. The number of hydrogen-bond acceptors (Lipinski definition) is 9. The Kier molecular flexibility index (Phi) is 10.8. The van der Waals surface area contributed by atoms with Gasteiger partial charge in [-0.1, -0.05) is 48.4 Å². The normalized spacial score (nSPS) is 20.9. The van der Waals surface area contributed by atoms with Crippen LogP contribution in [0.2, 0.25) is 0 Å². The molecule has 2 unspecified atom stereocenters. The largest absolute Gasteiger partial charge is 0.358 e. The predicted molar refractivity (Wildman–Crippen MR) is 189 cm³/mol. The molecule has 12 heteroatoms. The molecule has 2 amide bonds. The van der Waals surface area contributed by atoms with Crippen molar-refractivity contribution in [1.29, 1.82) is 0 Å². The maximum atomic E-state index is 14.1. The molecule has 0 aliphatic carbocycles. The van der Waals surface area contributed by atoms with Gasteiger partial charge in [-0.25, -0.2) is 0 Å². The molecule has 0 bridgehead atoms. The molecule has 3 aliphatic heterocycles. The van der Waals surface area contributed by atoms with Gasteiger partial charge in [-0.05, 0) is 75.3 Å². The summed E-state index contributed by atoms with van der Waals surface area (Å²) in [6.07, 6.45) is 7.14. The number of hydrogen-bond donors (Lipinski definition) is 1. The SMILES string of the molecule is Cc1cnn(C)c1-c1ccc(C(C)NC(=O)[C@@H]2CCCN2C(=O)C(c2cc(N3CCC(CN4CCC(N=O)CC4)CC3)no2)C(C)C)cc1. The lowest BCUT2D eigenvalue weighted by molar-refractivity contribution is -0.141. The van der Waals surface area contributed by atoms with Gasteiger partial charge in [0, 0.05) is 57.9 Å². The number of nitroso groups, excluding NO2 is 1. The Morgan fingerprint density at radius 2 is 1.71 bits per heavy atom. The lowest BCUT2D eigenvalue weighted by atomic mass is 9.91. The van der Waals surface area contributed by atoms with E-state index >= 15 is 0 Å². The summed E-state index contributed by atoms with van der Waals surface area (Å²) in [5.41, 5.74) is 4.27. The molecule has 5 heterocycles. The highest BCUT2D eigenvalue weighted by Gasteiger charge is 2.40. The molecule has 3 aliphatic rings. The van der Waals surface area contributed by atoms with E-state index in [-0.39, 0.29) is 29.8 Å². The van der Waals surface area contributed by atoms with Crippen molar-refractivity contribution in [3.63, 3.8) is 0 Å². The summed E-state index contributed by atoms with van der Waals surface area (Å²) in [6, 6.07) is 9.40. The van der Waals surface area contributed by atoms with Gasteiger partial charge in [0.2, 0.25) is 11.8 Å². The summed E-state index contributed by atoms with van der Waals surface area (Å²) in [5.74, 6) is 1.21. The van der Waals surface area contributed by atoms with Crippen LogP contribution < -0.4 is 10.2 Å². The zero-order valence-electron chi connectivity index (χ0n) is 29.7. The third-order valence-corrected chi connectivity index (χ3v) is 10.9. The minimum atomic E-state index is -0.519. The van der Waals surface area contributed by atoms with Crippen LogP contribution in [0.1, 0.15) is 88.1 Å². The number of aryl methyl sites for hydroxylation is 2. The van der Waals surface area contributed by atoms with E-state index in [1.807, 2.05) is 63.8 Å². The first-order valence-electron chi connectivity index (χ1n) is 18.1. The first-order valence-corrected chi connectivity index (χ1v) is 18.1. The van der Waals surface area contributed by atoms with E-state index in [2.05, 4.69) is 42.7 Å². The lowest BCUT2D eigenvalue weighted by Crippen LogP contribution is -2.48. The maximum Gasteiger partial charge on any atom is 0.243 e. The van der Waals surface area contributed by atoms with Gasteiger partial charge in [0.05, 0.1) is 24.0 Å².